The molecule has 0 aliphatic heterocycles. The van der Waals surface area contributed by atoms with Crippen LogP contribution in [-0.4, -0.2) is 18.4 Å². The van der Waals surface area contributed by atoms with Crippen LogP contribution in [0.3, 0.4) is 0 Å². The van der Waals surface area contributed by atoms with Crippen LogP contribution in [0.4, 0.5) is 5.69 Å². The van der Waals surface area contributed by atoms with Crippen molar-refractivity contribution in [1.29, 1.82) is 0 Å². The van der Waals surface area contributed by atoms with Crippen LogP contribution in [-0.2, 0) is 16.1 Å². The molecule has 1 aliphatic carbocycles. The summed E-state index contributed by atoms with van der Waals surface area (Å²) in [6.45, 7) is 5.09. The molecule has 1 saturated carbocycles. The molecule has 0 atom stereocenters. The van der Waals surface area contributed by atoms with Gasteiger partial charge in [-0.3, -0.25) is 9.59 Å². The highest BCUT2D eigenvalue weighted by Crippen LogP contribution is 2.38. The molecule has 5 nitrogen and oxygen atoms in total. The molecule has 2 rings (SSSR count). The van der Waals surface area contributed by atoms with Gasteiger partial charge in [0.25, 0.3) is 0 Å². The van der Waals surface area contributed by atoms with Crippen LogP contribution < -0.4 is 16.4 Å². The van der Waals surface area contributed by atoms with E-state index < -0.39 is 0 Å². The molecular weight excluding hydrogens is 326 g/mol. The van der Waals surface area contributed by atoms with Crippen molar-refractivity contribution in [2.75, 3.05) is 11.9 Å². The molecule has 26 heavy (non-hydrogen) atoms. The van der Waals surface area contributed by atoms with Crippen LogP contribution in [0.25, 0.3) is 0 Å². The molecule has 4 N–H and O–H groups in total. The first kappa shape index (κ1) is 20.4. The zero-order valence-corrected chi connectivity index (χ0v) is 16.1. The van der Waals surface area contributed by atoms with Crippen LogP contribution in [0.15, 0.2) is 24.3 Å². The quantitative estimate of drug-likeness (QED) is 0.663. The number of nitrogens with two attached hydrogens (primary N) is 1. The number of hydrogen-bond donors (Lipinski definition) is 3. The molecule has 1 aromatic carbocycles. The first-order valence-electron chi connectivity index (χ1n) is 9.78. The van der Waals surface area contributed by atoms with E-state index in [4.69, 9.17) is 5.73 Å². The Morgan fingerprint density at radius 3 is 2.54 bits per heavy atom. The molecule has 0 aromatic heterocycles. The van der Waals surface area contributed by atoms with E-state index >= 15 is 0 Å². The van der Waals surface area contributed by atoms with Gasteiger partial charge in [-0.05, 0) is 48.4 Å². The maximum absolute atomic E-state index is 12.4. The fraction of sp³-hybridized carbons (Fsp3) is 0.619. The lowest BCUT2D eigenvalue weighted by atomic mass is 9.71. The lowest BCUT2D eigenvalue weighted by Gasteiger charge is -2.35. The van der Waals surface area contributed by atoms with E-state index in [1.807, 2.05) is 38.1 Å². The Morgan fingerprint density at radius 2 is 1.88 bits per heavy atom. The van der Waals surface area contributed by atoms with Gasteiger partial charge in [0.15, 0.2) is 0 Å². The monoisotopic (exact) mass is 359 g/mol. The van der Waals surface area contributed by atoms with Crippen molar-refractivity contribution in [3.8, 4) is 0 Å². The largest absolute Gasteiger partial charge is 0.352 e. The lowest BCUT2D eigenvalue weighted by Crippen LogP contribution is -2.38. The van der Waals surface area contributed by atoms with Crippen molar-refractivity contribution in [3.63, 3.8) is 0 Å². The van der Waals surface area contributed by atoms with Gasteiger partial charge in [0.05, 0.1) is 0 Å². The molecule has 0 unspecified atom stereocenters. The number of amides is 2. The highest BCUT2D eigenvalue weighted by molar-refractivity contribution is 5.90. The molecule has 0 radical (unpaired) electrons. The SMILES string of the molecule is CC(C)CC(=O)Nc1cccc(CNC(=O)CC2(CN)CCCCC2)c1. The van der Waals surface area contributed by atoms with Gasteiger partial charge in [-0.15, -0.1) is 0 Å². The summed E-state index contributed by atoms with van der Waals surface area (Å²) in [5.74, 6) is 0.405. The van der Waals surface area contributed by atoms with Crippen LogP contribution in [0.5, 0.6) is 0 Å². The van der Waals surface area contributed by atoms with E-state index in [0.29, 0.717) is 31.8 Å². The van der Waals surface area contributed by atoms with Gasteiger partial charge in [-0.25, -0.2) is 0 Å². The fourth-order valence-electron chi connectivity index (χ4n) is 3.70. The molecule has 2 amide bonds. The summed E-state index contributed by atoms with van der Waals surface area (Å²) in [5.41, 5.74) is 7.70. The molecule has 5 heteroatoms. The average Bonchev–Trinajstić information content (AvgIpc) is 2.60. The average molecular weight is 360 g/mol. The maximum atomic E-state index is 12.4. The van der Waals surface area contributed by atoms with E-state index in [9.17, 15) is 9.59 Å². The van der Waals surface area contributed by atoms with Crippen LogP contribution in [0.2, 0.25) is 0 Å². The smallest absolute Gasteiger partial charge is 0.224 e. The maximum Gasteiger partial charge on any atom is 0.224 e. The Morgan fingerprint density at radius 1 is 1.15 bits per heavy atom. The number of carbonyl (C=O) groups excluding carboxylic acids is 2. The third kappa shape index (κ3) is 6.45. The highest BCUT2D eigenvalue weighted by Gasteiger charge is 2.32. The van der Waals surface area contributed by atoms with Crippen molar-refractivity contribution in [2.24, 2.45) is 17.1 Å². The molecule has 1 aromatic rings. The van der Waals surface area contributed by atoms with Crippen molar-refractivity contribution in [1.82, 2.24) is 5.32 Å². The molecule has 1 fully saturated rings. The standard InChI is InChI=1S/C21H33N3O2/c1-16(2)11-19(25)24-18-8-6-7-17(12-18)14-23-20(26)13-21(15-22)9-4-3-5-10-21/h6-8,12,16H,3-5,9-11,13-15,22H2,1-2H3,(H,23,26)(H,24,25). The zero-order valence-electron chi connectivity index (χ0n) is 16.1. The minimum Gasteiger partial charge on any atom is -0.352 e. The fourth-order valence-corrected chi connectivity index (χ4v) is 3.70. The summed E-state index contributed by atoms with van der Waals surface area (Å²) in [6.07, 6.45) is 6.70. The predicted octanol–water partition coefficient (Wildman–Crippen LogP) is 3.59. The number of nitrogens with one attached hydrogen (secondary N) is 2. The zero-order chi connectivity index (χ0) is 19.0. The minimum absolute atomic E-state index is 0.0170. The third-order valence-corrected chi connectivity index (χ3v) is 5.18. The molecule has 0 saturated heterocycles. The van der Waals surface area contributed by atoms with Gasteiger partial charge in [0, 0.05) is 25.1 Å². The van der Waals surface area contributed by atoms with Gasteiger partial charge in [-0.1, -0.05) is 45.2 Å². The van der Waals surface area contributed by atoms with Gasteiger partial charge in [0.2, 0.25) is 11.8 Å². The normalized spacial score (nSPS) is 16.3. The van der Waals surface area contributed by atoms with Gasteiger partial charge < -0.3 is 16.4 Å². The second-order valence-corrected chi connectivity index (χ2v) is 8.06. The van der Waals surface area contributed by atoms with Crippen molar-refractivity contribution in [2.45, 2.75) is 65.3 Å². The van der Waals surface area contributed by atoms with E-state index in [1.54, 1.807) is 0 Å². The van der Waals surface area contributed by atoms with Crippen LogP contribution in [0, 0.1) is 11.3 Å². The second kappa shape index (κ2) is 9.72. The van der Waals surface area contributed by atoms with E-state index in [-0.39, 0.29) is 17.2 Å². The van der Waals surface area contributed by atoms with Crippen LogP contribution >= 0.6 is 0 Å². The Labute approximate surface area is 157 Å². The van der Waals surface area contributed by atoms with Gasteiger partial charge >= 0.3 is 0 Å². The summed E-state index contributed by atoms with van der Waals surface area (Å²) in [5, 5.41) is 5.92. The first-order valence-corrected chi connectivity index (χ1v) is 9.78. The van der Waals surface area contributed by atoms with Crippen LogP contribution in [0.1, 0.15) is 64.4 Å². The van der Waals surface area contributed by atoms with Crippen molar-refractivity contribution in [3.05, 3.63) is 29.8 Å². The minimum atomic E-state index is -0.0188. The van der Waals surface area contributed by atoms with Gasteiger partial charge in [-0.2, -0.15) is 0 Å². The number of anilines is 1. The van der Waals surface area contributed by atoms with E-state index in [0.717, 1.165) is 24.1 Å². The Bertz CT molecular complexity index is 607. The number of benzene rings is 1. The molecule has 0 heterocycles. The third-order valence-electron chi connectivity index (χ3n) is 5.18. The summed E-state index contributed by atoms with van der Waals surface area (Å²) in [4.78, 5) is 24.3. The first-order chi connectivity index (χ1) is 12.4. The number of rotatable bonds is 8. The Hall–Kier alpha value is -1.88. The number of hydrogen-bond acceptors (Lipinski definition) is 3. The van der Waals surface area contributed by atoms with Gasteiger partial charge in [0.1, 0.15) is 0 Å². The second-order valence-electron chi connectivity index (χ2n) is 8.06. The lowest BCUT2D eigenvalue weighted by molar-refractivity contribution is -0.124. The van der Waals surface area contributed by atoms with E-state index in [1.165, 1.54) is 19.3 Å². The molecule has 0 bridgehead atoms. The number of carbonyl (C=O) groups is 2. The Kier molecular flexibility index (Phi) is 7.64. The summed E-state index contributed by atoms with van der Waals surface area (Å²) in [7, 11) is 0. The topological polar surface area (TPSA) is 84.2 Å². The highest BCUT2D eigenvalue weighted by atomic mass is 16.2. The molecular formula is C21H33N3O2. The molecule has 144 valence electrons. The predicted molar refractivity (Wildman–Crippen MR) is 106 cm³/mol. The van der Waals surface area contributed by atoms with E-state index in [2.05, 4.69) is 10.6 Å². The van der Waals surface area contributed by atoms with Crippen molar-refractivity contribution >= 4 is 17.5 Å². The summed E-state index contributed by atoms with van der Waals surface area (Å²) < 4.78 is 0. The molecule has 0 spiro atoms. The molecule has 1 aliphatic rings. The summed E-state index contributed by atoms with van der Waals surface area (Å²) >= 11 is 0. The van der Waals surface area contributed by atoms with Crippen molar-refractivity contribution < 1.29 is 9.59 Å². The Balaban J connectivity index is 1.85. The summed E-state index contributed by atoms with van der Waals surface area (Å²) in [6, 6.07) is 7.64.